The van der Waals surface area contributed by atoms with Gasteiger partial charge in [-0.05, 0) is 49.2 Å². The minimum atomic E-state index is -0.449. The van der Waals surface area contributed by atoms with Crippen LogP contribution >= 0.6 is 11.6 Å². The highest BCUT2D eigenvalue weighted by molar-refractivity contribution is 6.33. The quantitative estimate of drug-likeness (QED) is 0.639. The number of rotatable bonds is 5. The molecule has 1 atom stereocenters. The van der Waals surface area contributed by atoms with Crippen molar-refractivity contribution >= 4 is 35.2 Å². The Hall–Kier alpha value is -2.79. The second kappa shape index (κ2) is 7.62. The van der Waals surface area contributed by atoms with Gasteiger partial charge in [-0.2, -0.15) is 0 Å². The largest absolute Gasteiger partial charge is 0.489 e. The van der Waals surface area contributed by atoms with Gasteiger partial charge in [-0.3, -0.25) is 15.0 Å². The maximum absolute atomic E-state index is 12.6. The maximum atomic E-state index is 12.6. The predicted molar refractivity (Wildman–Crippen MR) is 102 cm³/mol. The van der Waals surface area contributed by atoms with Crippen LogP contribution in [0.2, 0.25) is 5.02 Å². The zero-order chi connectivity index (χ0) is 18.7. The fraction of sp³-hybridized carbons (Fsp3) is 0.200. The molecular formula is C20H19ClN2O3. The average molecular weight is 371 g/mol. The van der Waals surface area contributed by atoms with E-state index in [1.54, 1.807) is 42.5 Å². The molecule has 0 aromatic heterocycles. The lowest BCUT2D eigenvalue weighted by Gasteiger charge is -2.14. The van der Waals surface area contributed by atoms with E-state index in [9.17, 15) is 9.59 Å². The summed E-state index contributed by atoms with van der Waals surface area (Å²) in [6, 6.07) is 14.1. The molecule has 3 rings (SSSR count). The van der Waals surface area contributed by atoms with Crippen LogP contribution in [0.4, 0.5) is 5.69 Å². The number of nitrogens with zero attached hydrogens (tertiary/aromatic N) is 1. The molecule has 0 unspecified atom stereocenters. The van der Waals surface area contributed by atoms with Crippen LogP contribution in [-0.4, -0.2) is 17.9 Å². The summed E-state index contributed by atoms with van der Waals surface area (Å²) in [6.45, 7) is 3.99. The number of hydrazine groups is 1. The summed E-state index contributed by atoms with van der Waals surface area (Å²) in [5.41, 5.74) is 3.88. The van der Waals surface area contributed by atoms with E-state index in [0.717, 1.165) is 6.42 Å². The molecule has 0 radical (unpaired) electrons. The van der Waals surface area contributed by atoms with Crippen LogP contribution in [0.3, 0.4) is 0 Å². The van der Waals surface area contributed by atoms with Crippen molar-refractivity contribution < 1.29 is 14.3 Å². The molecule has 0 saturated carbocycles. The maximum Gasteiger partial charge on any atom is 0.282 e. The van der Waals surface area contributed by atoms with Gasteiger partial charge >= 0.3 is 0 Å². The first-order valence-corrected chi connectivity index (χ1v) is 8.75. The Balaban J connectivity index is 1.84. The minimum absolute atomic E-state index is 0.0540. The molecule has 1 aliphatic rings. The van der Waals surface area contributed by atoms with Crippen molar-refractivity contribution in [3.8, 4) is 5.75 Å². The predicted octanol–water partition coefficient (Wildman–Crippen LogP) is 3.98. The van der Waals surface area contributed by atoms with Crippen molar-refractivity contribution in [3.05, 3.63) is 64.7 Å². The summed E-state index contributed by atoms with van der Waals surface area (Å²) in [5.74, 6) is -0.275. The van der Waals surface area contributed by atoms with Crippen LogP contribution in [0, 0.1) is 0 Å². The topological polar surface area (TPSA) is 58.6 Å². The molecular weight excluding hydrogens is 352 g/mol. The van der Waals surface area contributed by atoms with Crippen molar-refractivity contribution in [2.75, 3.05) is 5.01 Å². The Morgan fingerprint density at radius 1 is 1.19 bits per heavy atom. The lowest BCUT2D eigenvalue weighted by molar-refractivity contribution is -0.117. The molecule has 2 aromatic carbocycles. The standard InChI is InChI=1S/C20H19ClN2O3/c1-3-13(2)26-18-10-9-14(12-17(18)21)11-16-19(24)22-23(20(16)25)15-7-5-4-6-8-15/h4-13H,3H2,1-2H3,(H,22,24)/b16-11-/t13-/m1/s1. The molecule has 2 amide bonds. The van der Waals surface area contributed by atoms with E-state index < -0.39 is 11.8 Å². The molecule has 1 N–H and O–H groups in total. The number of anilines is 1. The van der Waals surface area contributed by atoms with Crippen LogP contribution in [0.25, 0.3) is 6.08 Å². The molecule has 0 bridgehead atoms. The molecule has 1 fully saturated rings. The second-order valence-corrected chi connectivity index (χ2v) is 6.41. The SMILES string of the molecule is CC[C@@H](C)Oc1ccc(/C=C2/C(=O)NN(c3ccccc3)C2=O)cc1Cl. The van der Waals surface area contributed by atoms with Gasteiger partial charge in [0, 0.05) is 0 Å². The summed E-state index contributed by atoms with van der Waals surface area (Å²) in [4.78, 5) is 24.8. The van der Waals surface area contributed by atoms with Crippen molar-refractivity contribution in [2.24, 2.45) is 0 Å². The lowest BCUT2D eigenvalue weighted by atomic mass is 10.1. The third-order valence-corrected chi connectivity index (χ3v) is 4.37. The highest BCUT2D eigenvalue weighted by atomic mass is 35.5. The Bertz CT molecular complexity index is 865. The lowest BCUT2D eigenvalue weighted by Crippen LogP contribution is -2.35. The fourth-order valence-corrected chi connectivity index (χ4v) is 2.72. The number of nitrogens with one attached hydrogen (secondary N) is 1. The van der Waals surface area contributed by atoms with Gasteiger partial charge < -0.3 is 4.74 Å². The van der Waals surface area contributed by atoms with Crippen LogP contribution in [-0.2, 0) is 9.59 Å². The number of ether oxygens (including phenoxy) is 1. The number of halogens is 1. The Morgan fingerprint density at radius 2 is 1.92 bits per heavy atom. The number of para-hydroxylation sites is 1. The molecule has 6 heteroatoms. The van der Waals surface area contributed by atoms with Crippen molar-refractivity contribution in [1.82, 2.24) is 5.43 Å². The van der Waals surface area contributed by atoms with E-state index in [1.165, 1.54) is 11.1 Å². The van der Waals surface area contributed by atoms with Gasteiger partial charge in [0.05, 0.1) is 16.8 Å². The van der Waals surface area contributed by atoms with Crippen molar-refractivity contribution in [1.29, 1.82) is 0 Å². The molecule has 5 nitrogen and oxygen atoms in total. The summed E-state index contributed by atoms with van der Waals surface area (Å²) in [6.07, 6.45) is 2.45. The van der Waals surface area contributed by atoms with E-state index in [1.807, 2.05) is 19.9 Å². The van der Waals surface area contributed by atoms with Gasteiger partial charge in [0.1, 0.15) is 11.3 Å². The van der Waals surface area contributed by atoms with E-state index in [-0.39, 0.29) is 11.7 Å². The third kappa shape index (κ3) is 3.73. The van der Waals surface area contributed by atoms with Gasteiger partial charge in [0.2, 0.25) is 0 Å². The van der Waals surface area contributed by atoms with Crippen LogP contribution < -0.4 is 15.2 Å². The van der Waals surface area contributed by atoms with E-state index in [0.29, 0.717) is 22.0 Å². The van der Waals surface area contributed by atoms with Gasteiger partial charge in [0.25, 0.3) is 11.8 Å². The first-order valence-electron chi connectivity index (χ1n) is 8.38. The smallest absolute Gasteiger partial charge is 0.282 e. The zero-order valence-corrected chi connectivity index (χ0v) is 15.3. The number of carbonyl (C=O) groups is 2. The molecule has 0 aliphatic carbocycles. The highest BCUT2D eigenvalue weighted by Gasteiger charge is 2.34. The number of amides is 2. The summed E-state index contributed by atoms with van der Waals surface area (Å²) >= 11 is 6.26. The Morgan fingerprint density at radius 3 is 2.58 bits per heavy atom. The van der Waals surface area contributed by atoms with E-state index >= 15 is 0 Å². The van der Waals surface area contributed by atoms with Gasteiger partial charge in [-0.15, -0.1) is 0 Å². The highest BCUT2D eigenvalue weighted by Crippen LogP contribution is 2.28. The monoisotopic (exact) mass is 370 g/mol. The second-order valence-electron chi connectivity index (χ2n) is 6.00. The van der Waals surface area contributed by atoms with E-state index in [2.05, 4.69) is 5.43 Å². The Labute approximate surface area is 157 Å². The third-order valence-electron chi connectivity index (χ3n) is 4.08. The van der Waals surface area contributed by atoms with Gasteiger partial charge in [0.15, 0.2) is 0 Å². The summed E-state index contributed by atoms with van der Waals surface area (Å²) < 4.78 is 5.73. The molecule has 1 aliphatic heterocycles. The van der Waals surface area contributed by atoms with Crippen molar-refractivity contribution in [2.45, 2.75) is 26.4 Å². The van der Waals surface area contributed by atoms with Crippen LogP contribution in [0.5, 0.6) is 5.75 Å². The fourth-order valence-electron chi connectivity index (χ4n) is 2.49. The number of hydrogen-bond donors (Lipinski definition) is 1. The zero-order valence-electron chi connectivity index (χ0n) is 14.5. The first kappa shape index (κ1) is 18.0. The number of hydrogen-bond acceptors (Lipinski definition) is 3. The molecule has 1 saturated heterocycles. The molecule has 134 valence electrons. The van der Waals surface area contributed by atoms with Crippen molar-refractivity contribution in [3.63, 3.8) is 0 Å². The van der Waals surface area contributed by atoms with E-state index in [4.69, 9.17) is 16.3 Å². The Kier molecular flexibility index (Phi) is 5.28. The normalized spacial score (nSPS) is 16.7. The first-order chi connectivity index (χ1) is 12.5. The minimum Gasteiger partial charge on any atom is -0.489 e. The van der Waals surface area contributed by atoms with Gasteiger partial charge in [-0.1, -0.05) is 42.8 Å². The average Bonchev–Trinajstić information content (AvgIpc) is 2.92. The molecule has 26 heavy (non-hydrogen) atoms. The molecule has 0 spiro atoms. The van der Waals surface area contributed by atoms with Gasteiger partial charge in [-0.25, -0.2) is 5.01 Å². The van der Waals surface area contributed by atoms with Crippen LogP contribution in [0.15, 0.2) is 54.1 Å². The number of carbonyl (C=O) groups excluding carboxylic acids is 2. The molecule has 1 heterocycles. The summed E-state index contributed by atoms with van der Waals surface area (Å²) in [7, 11) is 0. The van der Waals surface area contributed by atoms with Crippen LogP contribution in [0.1, 0.15) is 25.8 Å². The number of benzene rings is 2. The summed E-state index contributed by atoms with van der Waals surface area (Å²) in [5, 5.41) is 1.67. The molecule has 2 aromatic rings.